The number of hydrogen-bond donors (Lipinski definition) is 2. The molecule has 3 rings (SSSR count). The van der Waals surface area contributed by atoms with Crippen LogP contribution in [0, 0.1) is 0 Å². The summed E-state index contributed by atoms with van der Waals surface area (Å²) in [6, 6.07) is 6.22. The maximum Gasteiger partial charge on any atom is 0.410 e. The van der Waals surface area contributed by atoms with Gasteiger partial charge in [-0.25, -0.2) is 9.00 Å². The van der Waals surface area contributed by atoms with Crippen LogP contribution in [0.1, 0.15) is 30.1 Å². The molecule has 0 spiro atoms. The van der Waals surface area contributed by atoms with E-state index in [0.29, 0.717) is 56.9 Å². The van der Waals surface area contributed by atoms with Gasteiger partial charge in [0.25, 0.3) is 17.2 Å². The minimum atomic E-state index is -2.16. The predicted octanol–water partition coefficient (Wildman–Crippen LogP) is 1.70. The summed E-state index contributed by atoms with van der Waals surface area (Å²) in [5.74, 6) is -0.137. The van der Waals surface area contributed by atoms with E-state index in [1.807, 2.05) is 6.92 Å². The van der Waals surface area contributed by atoms with E-state index in [4.69, 9.17) is 14.0 Å². The van der Waals surface area contributed by atoms with Crippen molar-refractivity contribution in [2.24, 2.45) is 0 Å². The lowest BCUT2D eigenvalue weighted by Crippen LogP contribution is -2.55. The summed E-state index contributed by atoms with van der Waals surface area (Å²) in [4.78, 5) is 28.5. The second kappa shape index (κ2) is 9.35. The molecule has 28 heavy (non-hydrogen) atoms. The van der Waals surface area contributed by atoms with Crippen molar-refractivity contribution in [3.63, 3.8) is 0 Å². The van der Waals surface area contributed by atoms with E-state index < -0.39 is 11.3 Å². The summed E-state index contributed by atoms with van der Waals surface area (Å²) in [7, 11) is 0. The van der Waals surface area contributed by atoms with Gasteiger partial charge in [-0.1, -0.05) is 0 Å². The van der Waals surface area contributed by atoms with Crippen LogP contribution in [0.3, 0.4) is 0 Å². The Hall–Kier alpha value is -2.17. The van der Waals surface area contributed by atoms with Crippen LogP contribution in [-0.4, -0.2) is 75.6 Å². The molecule has 2 amide bonds. The molecule has 10 heteroatoms. The smallest absolute Gasteiger partial charge is 0.410 e. The van der Waals surface area contributed by atoms with Crippen LogP contribution in [0.15, 0.2) is 24.3 Å². The monoisotopic (exact) mass is 411 g/mol. The third kappa shape index (κ3) is 5.21. The molecule has 9 nitrogen and oxygen atoms in total. The summed E-state index contributed by atoms with van der Waals surface area (Å²) in [6.07, 6.45) is 0.998. The van der Waals surface area contributed by atoms with Crippen LogP contribution < -0.4 is 4.72 Å². The molecule has 2 fully saturated rings. The van der Waals surface area contributed by atoms with Gasteiger partial charge in [-0.2, -0.15) is 0 Å². The Morgan fingerprint density at radius 1 is 1.21 bits per heavy atom. The zero-order valence-electron chi connectivity index (χ0n) is 15.7. The normalized spacial score (nSPS) is 21.9. The van der Waals surface area contributed by atoms with E-state index in [2.05, 4.69) is 4.72 Å². The molecule has 2 N–H and O–H groups in total. The highest BCUT2D eigenvalue weighted by molar-refractivity contribution is 7.80. The van der Waals surface area contributed by atoms with Gasteiger partial charge in [0.05, 0.1) is 13.2 Å². The van der Waals surface area contributed by atoms with Crippen molar-refractivity contribution < 1.29 is 27.8 Å². The van der Waals surface area contributed by atoms with Gasteiger partial charge < -0.3 is 19.3 Å². The fourth-order valence-electron chi connectivity index (χ4n) is 3.38. The zero-order valence-corrected chi connectivity index (χ0v) is 16.5. The minimum absolute atomic E-state index is 0.100. The number of ether oxygens (including phenoxy) is 2. The van der Waals surface area contributed by atoms with Gasteiger partial charge in [0.2, 0.25) is 0 Å². The third-order valence-corrected chi connectivity index (χ3v) is 5.33. The third-order valence-electron chi connectivity index (χ3n) is 4.92. The predicted molar refractivity (Wildman–Crippen MR) is 103 cm³/mol. The number of benzene rings is 1. The van der Waals surface area contributed by atoms with E-state index in [1.54, 1.807) is 34.1 Å². The summed E-state index contributed by atoms with van der Waals surface area (Å²) in [5, 5.41) is 0. The van der Waals surface area contributed by atoms with Gasteiger partial charge in [0.1, 0.15) is 6.10 Å². The molecule has 0 bridgehead atoms. The van der Waals surface area contributed by atoms with Crippen molar-refractivity contribution in [3.8, 4) is 0 Å². The highest BCUT2D eigenvalue weighted by Crippen LogP contribution is 2.18. The molecule has 2 saturated heterocycles. The summed E-state index contributed by atoms with van der Waals surface area (Å²) in [5.41, 5.74) is 0.936. The number of nitrogens with zero attached hydrogens (tertiary/aromatic N) is 2. The molecule has 0 radical (unpaired) electrons. The lowest BCUT2D eigenvalue weighted by molar-refractivity contribution is -0.0173. The second-order valence-electron chi connectivity index (χ2n) is 6.92. The highest BCUT2D eigenvalue weighted by Gasteiger charge is 2.32. The van der Waals surface area contributed by atoms with Gasteiger partial charge >= 0.3 is 6.09 Å². The molecule has 0 aromatic heterocycles. The summed E-state index contributed by atoms with van der Waals surface area (Å²) in [6.45, 7) is 4.37. The van der Waals surface area contributed by atoms with Gasteiger partial charge in [0, 0.05) is 49.8 Å². The first-order chi connectivity index (χ1) is 13.4. The van der Waals surface area contributed by atoms with Crippen LogP contribution in [0.5, 0.6) is 0 Å². The first kappa shape index (κ1) is 20.6. The molecule has 0 aliphatic carbocycles. The molecular weight excluding hydrogens is 386 g/mol. The number of carbonyl (C=O) groups is 2. The molecule has 1 aromatic rings. The van der Waals surface area contributed by atoms with Gasteiger partial charge in [0.15, 0.2) is 0 Å². The molecule has 1 unspecified atom stereocenters. The Bertz CT molecular complexity index is 723. The molecule has 2 aliphatic heterocycles. The first-order valence-corrected chi connectivity index (χ1v) is 10.4. The van der Waals surface area contributed by atoms with Crippen molar-refractivity contribution in [2.75, 3.05) is 37.6 Å². The maximum atomic E-state index is 12.8. The molecule has 2 aliphatic rings. The average molecular weight is 411 g/mol. The molecule has 2 heterocycles. The van der Waals surface area contributed by atoms with Crippen LogP contribution in [0.4, 0.5) is 10.5 Å². The first-order valence-electron chi connectivity index (χ1n) is 9.26. The highest BCUT2D eigenvalue weighted by atomic mass is 32.2. The minimum Gasteiger partial charge on any atom is -0.446 e. The number of carbonyl (C=O) groups excluding carboxylic acids is 2. The summed E-state index contributed by atoms with van der Waals surface area (Å²) < 4.78 is 32.8. The largest absolute Gasteiger partial charge is 0.446 e. The van der Waals surface area contributed by atoms with Gasteiger partial charge in [-0.3, -0.25) is 14.1 Å². The molecule has 154 valence electrons. The van der Waals surface area contributed by atoms with Crippen LogP contribution >= 0.6 is 0 Å². The van der Waals surface area contributed by atoms with Crippen molar-refractivity contribution in [1.82, 2.24) is 9.80 Å². The Morgan fingerprint density at radius 2 is 1.89 bits per heavy atom. The number of hydrogen-bond acceptors (Lipinski definition) is 5. The Balaban J connectivity index is 1.54. The molecule has 2 atom stereocenters. The number of rotatable bonds is 4. The van der Waals surface area contributed by atoms with E-state index >= 15 is 0 Å². The Labute approximate surface area is 166 Å². The topological polar surface area (TPSA) is 108 Å². The van der Waals surface area contributed by atoms with Crippen LogP contribution in [0.25, 0.3) is 0 Å². The van der Waals surface area contributed by atoms with E-state index in [9.17, 15) is 13.8 Å². The maximum absolute atomic E-state index is 12.8. The van der Waals surface area contributed by atoms with E-state index in [-0.39, 0.29) is 24.1 Å². The number of anilines is 1. The molecule has 1 aromatic carbocycles. The fourth-order valence-corrected chi connectivity index (χ4v) is 3.72. The SMILES string of the molecule is C[C@@H]1CN(C(=O)OC2CCOCC2)CCN1C(=O)c1ccc(NS(=O)O)cc1. The standard InChI is InChI=1S/C18H25N3O6S/c1-13-12-20(18(23)27-16-6-10-26-11-7-16)8-9-21(13)17(22)14-2-4-15(5-3-14)19-28(24)25/h2-5,13,16,19H,6-12H2,1H3,(H,24,25)/t13-/m1/s1. The van der Waals surface area contributed by atoms with Crippen LogP contribution in [0.2, 0.25) is 0 Å². The zero-order chi connectivity index (χ0) is 20.1. The second-order valence-corrected chi connectivity index (χ2v) is 7.62. The number of amides is 2. The number of piperazine rings is 1. The van der Waals surface area contributed by atoms with Crippen molar-refractivity contribution in [1.29, 1.82) is 0 Å². The Morgan fingerprint density at radius 3 is 2.50 bits per heavy atom. The van der Waals surface area contributed by atoms with Crippen molar-refractivity contribution >= 4 is 29.0 Å². The van der Waals surface area contributed by atoms with Crippen molar-refractivity contribution in [2.45, 2.75) is 31.9 Å². The average Bonchev–Trinajstić information content (AvgIpc) is 2.68. The van der Waals surface area contributed by atoms with E-state index in [1.165, 1.54) is 0 Å². The lowest BCUT2D eigenvalue weighted by atomic mass is 10.1. The van der Waals surface area contributed by atoms with Gasteiger partial charge in [-0.05, 0) is 31.2 Å². The molecule has 0 saturated carbocycles. The fraction of sp³-hybridized carbons (Fsp3) is 0.556. The van der Waals surface area contributed by atoms with Crippen LogP contribution in [-0.2, 0) is 20.7 Å². The lowest BCUT2D eigenvalue weighted by Gasteiger charge is -2.40. The number of nitrogens with one attached hydrogen (secondary N) is 1. The van der Waals surface area contributed by atoms with Gasteiger partial charge in [-0.15, -0.1) is 0 Å². The quantitative estimate of drug-likeness (QED) is 0.730. The molecular formula is C18H25N3O6S. The van der Waals surface area contributed by atoms with E-state index in [0.717, 1.165) is 0 Å². The summed E-state index contributed by atoms with van der Waals surface area (Å²) >= 11 is -2.16. The Kier molecular flexibility index (Phi) is 6.87. The van der Waals surface area contributed by atoms with Crippen molar-refractivity contribution in [3.05, 3.63) is 29.8 Å².